The molecule has 1 aliphatic heterocycles. The molecule has 1 heterocycles. The number of piperidine rings is 1. The third kappa shape index (κ3) is 3.47. The Labute approximate surface area is 137 Å². The minimum absolute atomic E-state index is 0.277. The first kappa shape index (κ1) is 15.0. The van der Waals surface area contributed by atoms with E-state index in [1.807, 2.05) is 18.2 Å². The van der Waals surface area contributed by atoms with Crippen LogP contribution in [0, 0.1) is 5.92 Å². The molecule has 0 aliphatic carbocycles. The quantitative estimate of drug-likeness (QED) is 0.866. The van der Waals surface area contributed by atoms with Gasteiger partial charge in [0.05, 0.1) is 5.56 Å². The molecule has 0 unspecified atom stereocenters. The number of likely N-dealkylation sites (tertiary alicyclic amines) is 1. The zero-order chi connectivity index (χ0) is 15.4. The Morgan fingerprint density at radius 2 is 1.64 bits per heavy atom. The Hall–Kier alpha value is -1.87. The van der Waals surface area contributed by atoms with Crippen LogP contribution in [0.2, 0.25) is 0 Å². The van der Waals surface area contributed by atoms with Gasteiger partial charge in [-0.05, 0) is 42.9 Å². The van der Waals surface area contributed by atoms with E-state index < -0.39 is 0 Å². The lowest BCUT2D eigenvalue weighted by Crippen LogP contribution is -2.38. The van der Waals surface area contributed by atoms with Crippen molar-refractivity contribution in [3.05, 3.63) is 65.7 Å². The molecule has 0 amide bonds. The molecule has 1 N–H and O–H groups in total. The highest BCUT2D eigenvalue weighted by molar-refractivity contribution is 7.80. The Morgan fingerprint density at radius 1 is 1.00 bits per heavy atom. The van der Waals surface area contributed by atoms with Gasteiger partial charge in [-0.15, -0.1) is 0 Å². The summed E-state index contributed by atoms with van der Waals surface area (Å²) in [4.78, 5) is 3.00. The number of hydrogen-bond acceptors (Lipinski definition) is 2. The largest absolute Gasteiger partial charge is 0.507 e. The Bertz CT molecular complexity index is 633. The second kappa shape index (κ2) is 6.93. The molecule has 1 fully saturated rings. The maximum absolute atomic E-state index is 9.94. The van der Waals surface area contributed by atoms with Crippen molar-refractivity contribution in [1.29, 1.82) is 0 Å². The maximum Gasteiger partial charge on any atom is 0.125 e. The molecule has 1 saturated heterocycles. The number of thiocarbonyl (C=S) groups is 1. The lowest BCUT2D eigenvalue weighted by atomic mass is 9.90. The van der Waals surface area contributed by atoms with Gasteiger partial charge in [0.25, 0.3) is 0 Å². The summed E-state index contributed by atoms with van der Waals surface area (Å²) < 4.78 is 0. The molecule has 2 nitrogen and oxygen atoms in total. The van der Waals surface area contributed by atoms with Crippen LogP contribution in [0.25, 0.3) is 0 Å². The minimum Gasteiger partial charge on any atom is -0.507 e. The SMILES string of the molecule is Oc1ccccc1C(=S)N1CCC(Cc2ccccc2)CC1. The summed E-state index contributed by atoms with van der Waals surface area (Å²) in [5.41, 5.74) is 2.20. The zero-order valence-corrected chi connectivity index (χ0v) is 13.4. The zero-order valence-electron chi connectivity index (χ0n) is 12.6. The third-order valence-electron chi connectivity index (χ3n) is 4.40. The number of para-hydroxylation sites is 1. The van der Waals surface area contributed by atoms with E-state index in [0.29, 0.717) is 0 Å². The van der Waals surface area contributed by atoms with Crippen LogP contribution in [-0.2, 0) is 6.42 Å². The summed E-state index contributed by atoms with van der Waals surface area (Å²) in [7, 11) is 0. The molecule has 0 radical (unpaired) electrons. The van der Waals surface area contributed by atoms with Crippen molar-refractivity contribution in [2.75, 3.05) is 13.1 Å². The number of phenols is 1. The first-order valence-electron chi connectivity index (χ1n) is 7.85. The van der Waals surface area contributed by atoms with Gasteiger partial charge < -0.3 is 10.0 Å². The Kier molecular flexibility index (Phi) is 4.74. The highest BCUT2D eigenvalue weighted by Crippen LogP contribution is 2.25. The Balaban J connectivity index is 1.58. The van der Waals surface area contributed by atoms with E-state index >= 15 is 0 Å². The summed E-state index contributed by atoms with van der Waals surface area (Å²) in [5.74, 6) is 1.00. The number of hydrogen-bond donors (Lipinski definition) is 1. The van der Waals surface area contributed by atoms with Crippen LogP contribution in [0.3, 0.4) is 0 Å². The van der Waals surface area contributed by atoms with Crippen LogP contribution in [0.1, 0.15) is 24.0 Å². The van der Waals surface area contributed by atoms with Crippen molar-refractivity contribution in [2.45, 2.75) is 19.3 Å². The van der Waals surface area contributed by atoms with E-state index in [0.717, 1.165) is 48.8 Å². The van der Waals surface area contributed by atoms with Crippen molar-refractivity contribution in [3.8, 4) is 5.75 Å². The van der Waals surface area contributed by atoms with E-state index in [4.69, 9.17) is 12.2 Å². The fourth-order valence-electron chi connectivity index (χ4n) is 3.11. The smallest absolute Gasteiger partial charge is 0.125 e. The minimum atomic E-state index is 0.277. The van der Waals surface area contributed by atoms with Gasteiger partial charge in [-0.1, -0.05) is 54.7 Å². The monoisotopic (exact) mass is 311 g/mol. The number of aromatic hydroxyl groups is 1. The fourth-order valence-corrected chi connectivity index (χ4v) is 3.47. The van der Waals surface area contributed by atoms with Gasteiger partial charge in [0.2, 0.25) is 0 Å². The molecule has 3 rings (SSSR count). The van der Waals surface area contributed by atoms with E-state index in [9.17, 15) is 5.11 Å². The van der Waals surface area contributed by atoms with Gasteiger partial charge in [0.15, 0.2) is 0 Å². The molecule has 2 aromatic rings. The molecule has 0 atom stereocenters. The normalized spacial score (nSPS) is 15.7. The van der Waals surface area contributed by atoms with Crippen LogP contribution in [0.4, 0.5) is 0 Å². The fraction of sp³-hybridized carbons (Fsp3) is 0.316. The highest BCUT2D eigenvalue weighted by atomic mass is 32.1. The molecule has 22 heavy (non-hydrogen) atoms. The number of rotatable bonds is 3. The molecule has 1 aliphatic rings. The molecule has 0 saturated carbocycles. The first-order valence-corrected chi connectivity index (χ1v) is 8.26. The van der Waals surface area contributed by atoms with Gasteiger partial charge in [0, 0.05) is 13.1 Å². The molecular weight excluding hydrogens is 290 g/mol. The van der Waals surface area contributed by atoms with E-state index in [1.165, 1.54) is 5.56 Å². The van der Waals surface area contributed by atoms with Crippen LogP contribution in [0.15, 0.2) is 54.6 Å². The third-order valence-corrected chi connectivity index (χ3v) is 4.88. The molecule has 2 aromatic carbocycles. The predicted molar refractivity (Wildman–Crippen MR) is 94.2 cm³/mol. The molecular formula is C19H21NOS. The van der Waals surface area contributed by atoms with Crippen molar-refractivity contribution in [1.82, 2.24) is 4.90 Å². The first-order chi connectivity index (χ1) is 10.7. The summed E-state index contributed by atoms with van der Waals surface area (Å²) in [5, 5.41) is 9.94. The van der Waals surface area contributed by atoms with Crippen LogP contribution in [0.5, 0.6) is 5.75 Å². The molecule has 114 valence electrons. The molecule has 0 aromatic heterocycles. The van der Waals surface area contributed by atoms with E-state index in [2.05, 4.69) is 35.2 Å². The second-order valence-corrected chi connectivity index (χ2v) is 6.33. The average molecular weight is 311 g/mol. The summed E-state index contributed by atoms with van der Waals surface area (Å²) >= 11 is 5.56. The lowest BCUT2D eigenvalue weighted by Gasteiger charge is -2.34. The summed E-state index contributed by atoms with van der Waals surface area (Å²) in [6.07, 6.45) is 3.46. The molecule has 3 heteroatoms. The van der Waals surface area contributed by atoms with Crippen LogP contribution < -0.4 is 0 Å². The topological polar surface area (TPSA) is 23.5 Å². The van der Waals surface area contributed by atoms with Crippen LogP contribution >= 0.6 is 12.2 Å². The van der Waals surface area contributed by atoms with Gasteiger partial charge in [0.1, 0.15) is 10.7 Å². The summed E-state index contributed by atoms with van der Waals surface area (Å²) in [6, 6.07) is 18.0. The molecule has 0 bridgehead atoms. The predicted octanol–water partition coefficient (Wildman–Crippen LogP) is 4.02. The van der Waals surface area contributed by atoms with Gasteiger partial charge in [-0.3, -0.25) is 0 Å². The van der Waals surface area contributed by atoms with Gasteiger partial charge in [-0.25, -0.2) is 0 Å². The lowest BCUT2D eigenvalue weighted by molar-refractivity contribution is 0.268. The van der Waals surface area contributed by atoms with Crippen molar-refractivity contribution in [2.24, 2.45) is 5.92 Å². The average Bonchev–Trinajstić information content (AvgIpc) is 2.56. The second-order valence-electron chi connectivity index (χ2n) is 5.94. The van der Waals surface area contributed by atoms with Crippen molar-refractivity contribution in [3.63, 3.8) is 0 Å². The summed E-state index contributed by atoms with van der Waals surface area (Å²) in [6.45, 7) is 1.95. The van der Waals surface area contributed by atoms with Gasteiger partial charge >= 0.3 is 0 Å². The van der Waals surface area contributed by atoms with E-state index in [1.54, 1.807) is 6.07 Å². The standard InChI is InChI=1S/C19H21NOS/c21-18-9-5-4-8-17(18)19(22)20-12-10-16(11-13-20)14-15-6-2-1-3-7-15/h1-9,16,21H,10-14H2. The van der Waals surface area contributed by atoms with E-state index in [-0.39, 0.29) is 5.75 Å². The Morgan fingerprint density at radius 3 is 2.32 bits per heavy atom. The number of benzene rings is 2. The number of phenolic OH excluding ortho intramolecular Hbond substituents is 1. The molecule has 0 spiro atoms. The van der Waals surface area contributed by atoms with Crippen molar-refractivity contribution >= 4 is 17.2 Å². The van der Waals surface area contributed by atoms with Gasteiger partial charge in [-0.2, -0.15) is 0 Å². The maximum atomic E-state index is 9.94. The van der Waals surface area contributed by atoms with Crippen molar-refractivity contribution < 1.29 is 5.11 Å². The number of nitrogens with zero attached hydrogens (tertiary/aromatic N) is 1. The van der Waals surface area contributed by atoms with Crippen LogP contribution in [-0.4, -0.2) is 28.1 Å². The highest BCUT2D eigenvalue weighted by Gasteiger charge is 2.22.